The van der Waals surface area contributed by atoms with Gasteiger partial charge < -0.3 is 5.32 Å². The monoisotopic (exact) mass is 377 g/mol. The molecule has 0 fully saturated rings. The van der Waals surface area contributed by atoms with E-state index >= 15 is 0 Å². The second-order valence-electron chi connectivity index (χ2n) is 6.79. The van der Waals surface area contributed by atoms with Gasteiger partial charge in [-0.05, 0) is 58.5 Å². The molecule has 0 amide bonds. The maximum absolute atomic E-state index is 3.49. The lowest BCUT2D eigenvalue weighted by molar-refractivity contribution is 1.54. The van der Waals surface area contributed by atoms with Crippen molar-refractivity contribution in [2.45, 2.75) is 0 Å². The highest BCUT2D eigenvalue weighted by Gasteiger charge is 2.04. The van der Waals surface area contributed by atoms with Crippen LogP contribution in [0.4, 0.5) is 11.4 Å². The Hall–Kier alpha value is -3.36. The average molecular weight is 378 g/mol. The van der Waals surface area contributed by atoms with E-state index < -0.39 is 0 Å². The highest BCUT2D eigenvalue weighted by Crippen LogP contribution is 2.34. The average Bonchev–Trinajstić information content (AvgIpc) is 3.20. The first kappa shape index (κ1) is 16.8. The predicted octanol–water partition coefficient (Wildman–Crippen LogP) is 7.98. The standard InChI is InChI=1S/C26H19NS/c1-2-6-19(7-3-1)20-10-14-23(15-11-20)27-24-16-12-21(13-17-24)26-18-22-8-4-5-9-25(22)28-26/h1-18,27H. The van der Waals surface area contributed by atoms with Crippen LogP contribution >= 0.6 is 11.3 Å². The number of hydrogen-bond donors (Lipinski definition) is 1. The smallest absolute Gasteiger partial charge is 0.0384 e. The van der Waals surface area contributed by atoms with Crippen molar-refractivity contribution in [3.05, 3.63) is 109 Å². The summed E-state index contributed by atoms with van der Waals surface area (Å²) < 4.78 is 1.33. The van der Waals surface area contributed by atoms with Crippen molar-refractivity contribution in [1.82, 2.24) is 0 Å². The van der Waals surface area contributed by atoms with Crippen molar-refractivity contribution in [2.24, 2.45) is 0 Å². The predicted molar refractivity (Wildman–Crippen MR) is 122 cm³/mol. The minimum absolute atomic E-state index is 1.09. The lowest BCUT2D eigenvalue weighted by Gasteiger charge is -2.08. The van der Waals surface area contributed by atoms with E-state index in [0.717, 1.165) is 11.4 Å². The molecule has 0 aliphatic carbocycles. The molecule has 1 aromatic heterocycles. The molecular formula is C26H19NS. The van der Waals surface area contributed by atoms with Gasteiger partial charge in [-0.25, -0.2) is 0 Å². The Morgan fingerprint density at radius 2 is 1.07 bits per heavy atom. The van der Waals surface area contributed by atoms with Crippen LogP contribution in [0.2, 0.25) is 0 Å². The van der Waals surface area contributed by atoms with Crippen molar-refractivity contribution >= 4 is 32.8 Å². The first-order chi connectivity index (χ1) is 13.8. The number of rotatable bonds is 4. The van der Waals surface area contributed by atoms with E-state index in [0.29, 0.717) is 0 Å². The highest BCUT2D eigenvalue weighted by molar-refractivity contribution is 7.22. The summed E-state index contributed by atoms with van der Waals surface area (Å²) >= 11 is 1.84. The van der Waals surface area contributed by atoms with Crippen molar-refractivity contribution in [3.8, 4) is 21.6 Å². The molecule has 5 aromatic rings. The molecule has 0 saturated carbocycles. The molecule has 1 nitrogen and oxygen atoms in total. The topological polar surface area (TPSA) is 12.0 Å². The second kappa shape index (κ2) is 7.34. The fraction of sp³-hybridized carbons (Fsp3) is 0. The molecule has 134 valence electrons. The molecule has 0 bridgehead atoms. The van der Waals surface area contributed by atoms with Crippen LogP contribution in [0.15, 0.2) is 109 Å². The summed E-state index contributed by atoms with van der Waals surface area (Å²) in [5.74, 6) is 0. The number of hydrogen-bond acceptors (Lipinski definition) is 2. The number of anilines is 2. The van der Waals surface area contributed by atoms with E-state index in [1.165, 1.54) is 31.7 Å². The zero-order valence-electron chi connectivity index (χ0n) is 15.3. The van der Waals surface area contributed by atoms with E-state index in [4.69, 9.17) is 0 Å². The SMILES string of the molecule is c1ccc(-c2ccc(Nc3ccc(-c4cc5ccccc5s4)cc3)cc2)cc1. The largest absolute Gasteiger partial charge is 0.356 e. The van der Waals surface area contributed by atoms with Crippen molar-refractivity contribution in [2.75, 3.05) is 5.32 Å². The third-order valence-electron chi connectivity index (χ3n) is 4.88. The summed E-state index contributed by atoms with van der Waals surface area (Å²) in [4.78, 5) is 1.31. The van der Waals surface area contributed by atoms with Gasteiger partial charge in [-0.1, -0.05) is 72.8 Å². The fourth-order valence-corrected chi connectivity index (χ4v) is 4.45. The van der Waals surface area contributed by atoms with Crippen LogP contribution in [0.25, 0.3) is 31.7 Å². The van der Waals surface area contributed by atoms with Gasteiger partial charge >= 0.3 is 0 Å². The lowest BCUT2D eigenvalue weighted by Crippen LogP contribution is -1.90. The summed E-state index contributed by atoms with van der Waals surface area (Å²) in [5.41, 5.74) is 5.91. The third-order valence-corrected chi connectivity index (χ3v) is 6.04. The van der Waals surface area contributed by atoms with Gasteiger partial charge in [-0.15, -0.1) is 11.3 Å². The Morgan fingerprint density at radius 1 is 0.500 bits per heavy atom. The number of benzene rings is 4. The minimum Gasteiger partial charge on any atom is -0.356 e. The van der Waals surface area contributed by atoms with Gasteiger partial charge in [0.05, 0.1) is 0 Å². The first-order valence-electron chi connectivity index (χ1n) is 9.37. The van der Waals surface area contributed by atoms with Crippen molar-refractivity contribution < 1.29 is 0 Å². The quantitative estimate of drug-likeness (QED) is 0.335. The molecule has 5 rings (SSSR count). The summed E-state index contributed by atoms with van der Waals surface area (Å²) in [7, 11) is 0. The van der Waals surface area contributed by atoms with Gasteiger partial charge in [0, 0.05) is 21.0 Å². The van der Waals surface area contributed by atoms with Gasteiger partial charge in [0.1, 0.15) is 0 Å². The summed E-state index contributed by atoms with van der Waals surface area (Å²) in [6, 6.07) is 38.5. The van der Waals surface area contributed by atoms with Gasteiger partial charge in [0.15, 0.2) is 0 Å². The zero-order valence-corrected chi connectivity index (χ0v) is 16.1. The molecular weight excluding hydrogens is 358 g/mol. The van der Waals surface area contributed by atoms with Crippen LogP contribution in [0.5, 0.6) is 0 Å². The maximum Gasteiger partial charge on any atom is 0.0384 e. The Morgan fingerprint density at radius 3 is 1.75 bits per heavy atom. The third kappa shape index (κ3) is 3.42. The van der Waals surface area contributed by atoms with Crippen LogP contribution in [-0.4, -0.2) is 0 Å². The van der Waals surface area contributed by atoms with E-state index in [-0.39, 0.29) is 0 Å². The summed E-state index contributed by atoms with van der Waals surface area (Å²) in [5, 5.41) is 4.80. The van der Waals surface area contributed by atoms with Gasteiger partial charge in [-0.3, -0.25) is 0 Å². The van der Waals surface area contributed by atoms with Gasteiger partial charge in [0.25, 0.3) is 0 Å². The normalized spacial score (nSPS) is 10.9. The number of thiophene rings is 1. The maximum atomic E-state index is 3.49. The van der Waals surface area contributed by atoms with Crippen molar-refractivity contribution in [3.63, 3.8) is 0 Å². The van der Waals surface area contributed by atoms with E-state index in [1.807, 2.05) is 17.4 Å². The Labute approximate surface area is 168 Å². The molecule has 2 heteroatoms. The van der Waals surface area contributed by atoms with Crippen LogP contribution in [0.1, 0.15) is 0 Å². The fourth-order valence-electron chi connectivity index (χ4n) is 3.39. The molecule has 4 aromatic carbocycles. The van der Waals surface area contributed by atoms with Crippen LogP contribution < -0.4 is 5.32 Å². The number of nitrogens with one attached hydrogen (secondary N) is 1. The number of fused-ring (bicyclic) bond motifs is 1. The Balaban J connectivity index is 1.33. The van der Waals surface area contributed by atoms with Crippen molar-refractivity contribution in [1.29, 1.82) is 0 Å². The first-order valence-corrected chi connectivity index (χ1v) is 10.2. The van der Waals surface area contributed by atoms with E-state index in [9.17, 15) is 0 Å². The minimum atomic E-state index is 1.09. The van der Waals surface area contributed by atoms with Crippen LogP contribution in [0, 0.1) is 0 Å². The Bertz CT molecular complexity index is 1170. The van der Waals surface area contributed by atoms with Gasteiger partial charge in [-0.2, -0.15) is 0 Å². The van der Waals surface area contributed by atoms with Gasteiger partial charge in [0.2, 0.25) is 0 Å². The summed E-state index contributed by atoms with van der Waals surface area (Å²) in [6.07, 6.45) is 0. The molecule has 0 aliphatic rings. The molecule has 1 N–H and O–H groups in total. The van der Waals surface area contributed by atoms with Crippen LogP contribution in [0.3, 0.4) is 0 Å². The second-order valence-corrected chi connectivity index (χ2v) is 7.88. The molecule has 0 radical (unpaired) electrons. The van der Waals surface area contributed by atoms with E-state index in [2.05, 4.69) is 108 Å². The molecule has 28 heavy (non-hydrogen) atoms. The lowest BCUT2D eigenvalue weighted by atomic mass is 10.1. The molecule has 0 saturated heterocycles. The molecule has 0 atom stereocenters. The molecule has 0 spiro atoms. The van der Waals surface area contributed by atoms with Crippen LogP contribution in [-0.2, 0) is 0 Å². The Kier molecular flexibility index (Phi) is 4.40. The molecule has 1 heterocycles. The molecule has 0 aliphatic heterocycles. The summed E-state index contributed by atoms with van der Waals surface area (Å²) in [6.45, 7) is 0. The molecule has 0 unspecified atom stereocenters. The van der Waals surface area contributed by atoms with E-state index in [1.54, 1.807) is 0 Å². The highest BCUT2D eigenvalue weighted by atomic mass is 32.1. The zero-order chi connectivity index (χ0) is 18.8.